The van der Waals surface area contributed by atoms with E-state index in [4.69, 9.17) is 9.47 Å². The minimum absolute atomic E-state index is 0.597. The molecule has 0 radical (unpaired) electrons. The van der Waals surface area contributed by atoms with Gasteiger partial charge in [-0.15, -0.1) is 0 Å². The zero-order chi connectivity index (χ0) is 20.4. The normalized spacial score (nSPS) is 11.4. The molecule has 0 bridgehead atoms. The predicted molar refractivity (Wildman–Crippen MR) is 116 cm³/mol. The highest BCUT2D eigenvalue weighted by molar-refractivity contribution is 5.93. The molecule has 6 heteroatoms. The van der Waals surface area contributed by atoms with E-state index in [2.05, 4.69) is 58.8 Å². The van der Waals surface area contributed by atoms with Crippen molar-refractivity contribution >= 4 is 11.6 Å². The molecule has 0 amide bonds. The van der Waals surface area contributed by atoms with Crippen LogP contribution < -0.4 is 20.1 Å². The highest BCUT2D eigenvalue weighted by atomic mass is 16.5. The number of aliphatic imine (C=N–C) groups is 1. The first kappa shape index (κ1) is 21.6. The molecule has 0 fully saturated rings. The Hall–Kier alpha value is -2.73. The van der Waals surface area contributed by atoms with Gasteiger partial charge >= 0.3 is 0 Å². The van der Waals surface area contributed by atoms with Crippen LogP contribution in [0.5, 0.6) is 11.5 Å². The van der Waals surface area contributed by atoms with Gasteiger partial charge in [-0.1, -0.05) is 31.2 Å². The van der Waals surface area contributed by atoms with Crippen molar-refractivity contribution in [3.8, 4) is 11.5 Å². The molecule has 2 N–H and O–H groups in total. The zero-order valence-electron chi connectivity index (χ0n) is 17.6. The van der Waals surface area contributed by atoms with Crippen molar-refractivity contribution in [2.45, 2.75) is 26.9 Å². The lowest BCUT2D eigenvalue weighted by Gasteiger charge is -2.16. The van der Waals surface area contributed by atoms with Gasteiger partial charge in [-0.2, -0.15) is 0 Å². The van der Waals surface area contributed by atoms with Crippen LogP contribution in [0, 0.1) is 0 Å². The van der Waals surface area contributed by atoms with Gasteiger partial charge in [-0.3, -0.25) is 4.99 Å². The fraction of sp³-hybridized carbons (Fsp3) is 0.409. The summed E-state index contributed by atoms with van der Waals surface area (Å²) in [5, 5.41) is 6.65. The molecule has 0 aromatic heterocycles. The van der Waals surface area contributed by atoms with Crippen molar-refractivity contribution in [3.63, 3.8) is 0 Å². The number of rotatable bonds is 9. The van der Waals surface area contributed by atoms with Gasteiger partial charge in [0.2, 0.25) is 0 Å². The molecule has 28 heavy (non-hydrogen) atoms. The first-order chi connectivity index (χ1) is 13.6. The molecule has 0 unspecified atom stereocenters. The molecule has 0 saturated heterocycles. The molecule has 2 aromatic carbocycles. The molecule has 0 aliphatic carbocycles. The maximum atomic E-state index is 5.56. The van der Waals surface area contributed by atoms with Gasteiger partial charge in [0, 0.05) is 31.9 Å². The lowest BCUT2D eigenvalue weighted by atomic mass is 10.1. The van der Waals surface area contributed by atoms with Crippen LogP contribution >= 0.6 is 0 Å². The summed E-state index contributed by atoms with van der Waals surface area (Å²) in [6, 6.07) is 14.4. The quantitative estimate of drug-likeness (QED) is 0.510. The molecular weight excluding hydrogens is 352 g/mol. The summed E-state index contributed by atoms with van der Waals surface area (Å²) in [6.45, 7) is 7.38. The van der Waals surface area contributed by atoms with Crippen LogP contribution in [0.15, 0.2) is 47.5 Å². The van der Waals surface area contributed by atoms with E-state index in [0.717, 1.165) is 24.5 Å². The van der Waals surface area contributed by atoms with Crippen LogP contribution in [0.2, 0.25) is 0 Å². The monoisotopic (exact) mass is 384 g/mol. The predicted octanol–water partition coefficient (Wildman–Crippen LogP) is 3.73. The molecular formula is C22H32N4O2. The number of guanidine groups is 1. The first-order valence-electron chi connectivity index (χ1n) is 9.64. The minimum Gasteiger partial charge on any atom is -0.493 e. The Balaban J connectivity index is 1.99. The Kier molecular flexibility index (Phi) is 8.62. The molecule has 2 aromatic rings. The third-order valence-corrected chi connectivity index (χ3v) is 4.39. The second-order valence-electron chi connectivity index (χ2n) is 6.50. The molecule has 6 nitrogen and oxygen atoms in total. The number of benzene rings is 2. The Morgan fingerprint density at radius 1 is 1.07 bits per heavy atom. The van der Waals surface area contributed by atoms with E-state index in [-0.39, 0.29) is 0 Å². The van der Waals surface area contributed by atoms with E-state index in [1.165, 1.54) is 11.1 Å². The molecule has 0 aliphatic heterocycles. The molecule has 0 atom stereocenters. The average molecular weight is 385 g/mol. The number of methoxy groups -OCH3 is 1. The van der Waals surface area contributed by atoms with Crippen LogP contribution in [0.1, 0.15) is 25.0 Å². The number of hydrogen-bond acceptors (Lipinski definition) is 4. The number of nitrogens with one attached hydrogen (secondary N) is 2. The van der Waals surface area contributed by atoms with Crippen molar-refractivity contribution < 1.29 is 9.47 Å². The van der Waals surface area contributed by atoms with E-state index in [1.54, 1.807) is 14.2 Å². The summed E-state index contributed by atoms with van der Waals surface area (Å²) in [6.07, 6.45) is 0. The summed E-state index contributed by atoms with van der Waals surface area (Å²) >= 11 is 0. The molecule has 152 valence electrons. The Bertz CT molecular complexity index is 777. The molecule has 0 spiro atoms. The average Bonchev–Trinajstić information content (AvgIpc) is 2.72. The fourth-order valence-corrected chi connectivity index (χ4v) is 2.78. The van der Waals surface area contributed by atoms with Crippen LogP contribution in [0.4, 0.5) is 5.69 Å². The van der Waals surface area contributed by atoms with E-state index in [0.29, 0.717) is 24.9 Å². The standard InChI is InChI=1S/C22H32N4O2/c1-6-26(4)16-18-10-8-9-17(13-18)15-24-22(23-3)25-19-11-12-20(28-7-2)21(14-19)27-5/h8-14H,6-7,15-16H2,1-5H3,(H2,23,24,25). The number of ether oxygens (including phenoxy) is 2. The lowest BCUT2D eigenvalue weighted by molar-refractivity contribution is 0.311. The summed E-state index contributed by atoms with van der Waals surface area (Å²) in [4.78, 5) is 6.59. The summed E-state index contributed by atoms with van der Waals surface area (Å²) in [5.41, 5.74) is 3.41. The molecule has 0 aliphatic rings. The molecule has 2 rings (SSSR count). The number of anilines is 1. The van der Waals surface area contributed by atoms with E-state index in [9.17, 15) is 0 Å². The van der Waals surface area contributed by atoms with E-state index < -0.39 is 0 Å². The van der Waals surface area contributed by atoms with E-state index in [1.807, 2.05) is 25.1 Å². The van der Waals surface area contributed by atoms with Crippen molar-refractivity contribution in [3.05, 3.63) is 53.6 Å². The lowest BCUT2D eigenvalue weighted by Crippen LogP contribution is -2.30. The third kappa shape index (κ3) is 6.46. The Morgan fingerprint density at radius 2 is 1.86 bits per heavy atom. The van der Waals surface area contributed by atoms with Crippen LogP contribution in [0.25, 0.3) is 0 Å². The first-order valence-corrected chi connectivity index (χ1v) is 9.64. The van der Waals surface area contributed by atoms with Gasteiger partial charge in [0.15, 0.2) is 17.5 Å². The van der Waals surface area contributed by atoms with Crippen molar-refractivity contribution in [2.75, 3.05) is 39.7 Å². The maximum Gasteiger partial charge on any atom is 0.195 e. The van der Waals surface area contributed by atoms with Gasteiger partial charge in [0.25, 0.3) is 0 Å². The van der Waals surface area contributed by atoms with Crippen molar-refractivity contribution in [1.29, 1.82) is 0 Å². The van der Waals surface area contributed by atoms with Gasteiger partial charge in [-0.05, 0) is 43.8 Å². The number of nitrogens with zero attached hydrogens (tertiary/aromatic N) is 2. The maximum absolute atomic E-state index is 5.56. The van der Waals surface area contributed by atoms with Crippen LogP contribution in [0.3, 0.4) is 0 Å². The van der Waals surface area contributed by atoms with Gasteiger partial charge in [0.1, 0.15) is 0 Å². The summed E-state index contributed by atoms with van der Waals surface area (Å²) in [5.74, 6) is 2.12. The van der Waals surface area contributed by atoms with Crippen LogP contribution in [-0.4, -0.2) is 45.2 Å². The topological polar surface area (TPSA) is 58.1 Å². The van der Waals surface area contributed by atoms with Gasteiger partial charge < -0.3 is 25.0 Å². The van der Waals surface area contributed by atoms with E-state index >= 15 is 0 Å². The largest absolute Gasteiger partial charge is 0.493 e. The van der Waals surface area contributed by atoms with Gasteiger partial charge in [0.05, 0.1) is 13.7 Å². The number of hydrogen-bond donors (Lipinski definition) is 2. The molecule has 0 saturated carbocycles. The second-order valence-corrected chi connectivity index (χ2v) is 6.50. The fourth-order valence-electron chi connectivity index (χ4n) is 2.78. The minimum atomic E-state index is 0.597. The SMILES string of the molecule is CCOc1ccc(NC(=NC)NCc2cccc(CN(C)CC)c2)cc1OC. The van der Waals surface area contributed by atoms with Gasteiger partial charge in [-0.25, -0.2) is 0 Å². The second kappa shape index (κ2) is 11.2. The van der Waals surface area contributed by atoms with Crippen molar-refractivity contribution in [1.82, 2.24) is 10.2 Å². The molecule has 0 heterocycles. The summed E-state index contributed by atoms with van der Waals surface area (Å²) in [7, 11) is 5.52. The zero-order valence-corrected chi connectivity index (χ0v) is 17.6. The summed E-state index contributed by atoms with van der Waals surface area (Å²) < 4.78 is 11.0. The smallest absolute Gasteiger partial charge is 0.195 e. The highest BCUT2D eigenvalue weighted by Gasteiger charge is 2.07. The third-order valence-electron chi connectivity index (χ3n) is 4.39. The van der Waals surface area contributed by atoms with Crippen LogP contribution in [-0.2, 0) is 13.1 Å². The Labute approximate surface area is 168 Å². The van der Waals surface area contributed by atoms with Crippen molar-refractivity contribution in [2.24, 2.45) is 4.99 Å². The Morgan fingerprint density at radius 3 is 2.54 bits per heavy atom. The highest BCUT2D eigenvalue weighted by Crippen LogP contribution is 2.30.